The molecule has 0 saturated heterocycles. The van der Waals surface area contributed by atoms with Gasteiger partial charge in [-0.2, -0.15) is 0 Å². The molecule has 0 aliphatic carbocycles. The van der Waals surface area contributed by atoms with E-state index in [2.05, 4.69) is 10.2 Å². The maximum Gasteiger partial charge on any atom is 0.344 e. The molecule has 2 aromatic heterocycles. The Hall–Kier alpha value is -1.98. The molecule has 2 heterocycles. The zero-order valence-electron chi connectivity index (χ0n) is 6.61. The van der Waals surface area contributed by atoms with E-state index < -0.39 is 11.4 Å². The van der Waals surface area contributed by atoms with Gasteiger partial charge in [0.1, 0.15) is 5.76 Å². The Morgan fingerprint density at radius 2 is 2.00 bits per heavy atom. The highest BCUT2D eigenvalue weighted by molar-refractivity contribution is 4.98. The van der Waals surface area contributed by atoms with E-state index in [1.165, 1.54) is 6.26 Å². The van der Waals surface area contributed by atoms with Crippen LogP contribution in [0.15, 0.2) is 32.4 Å². The summed E-state index contributed by atoms with van der Waals surface area (Å²) in [6, 6.07) is 3.39. The number of hydrogen-bond acceptors (Lipinski definition) is 3. The summed E-state index contributed by atoms with van der Waals surface area (Å²) >= 11 is 0. The molecule has 0 fully saturated rings. The Labute approximate surface area is 71.8 Å². The number of rotatable bonds is 2. The number of H-pyrrole nitrogens is 2. The summed E-state index contributed by atoms with van der Waals surface area (Å²) in [7, 11) is 0. The summed E-state index contributed by atoms with van der Waals surface area (Å²) < 4.78 is 6.00. The van der Waals surface area contributed by atoms with Gasteiger partial charge in [0.15, 0.2) is 0 Å². The van der Waals surface area contributed by atoms with E-state index in [1.54, 1.807) is 12.1 Å². The predicted molar refractivity (Wildman–Crippen MR) is 43.5 cm³/mol. The minimum atomic E-state index is -0.471. The molecule has 0 spiro atoms. The minimum absolute atomic E-state index is 0.144. The second-order valence-corrected chi connectivity index (χ2v) is 2.53. The van der Waals surface area contributed by atoms with Crippen LogP contribution in [-0.2, 0) is 6.54 Å². The summed E-state index contributed by atoms with van der Waals surface area (Å²) in [5, 5.41) is 4.36. The summed E-state index contributed by atoms with van der Waals surface area (Å²) in [6.45, 7) is 0.144. The highest BCUT2D eigenvalue weighted by Crippen LogP contribution is 1.99. The lowest BCUT2D eigenvalue weighted by atomic mass is 10.4. The maximum atomic E-state index is 11.0. The van der Waals surface area contributed by atoms with Crippen molar-refractivity contribution in [2.45, 2.75) is 6.54 Å². The zero-order chi connectivity index (χ0) is 9.26. The van der Waals surface area contributed by atoms with Crippen molar-refractivity contribution in [3.05, 3.63) is 45.1 Å². The van der Waals surface area contributed by atoms with Gasteiger partial charge in [0.2, 0.25) is 0 Å². The molecule has 68 valence electrons. The first-order valence-corrected chi connectivity index (χ1v) is 3.67. The fourth-order valence-corrected chi connectivity index (χ4v) is 1.04. The third kappa shape index (κ3) is 1.33. The smallest absolute Gasteiger partial charge is 0.344 e. The number of nitrogens with zero attached hydrogens (tertiary/aromatic N) is 1. The topological polar surface area (TPSA) is 83.8 Å². The maximum absolute atomic E-state index is 11.0. The summed E-state index contributed by atoms with van der Waals surface area (Å²) in [6.07, 6.45) is 1.49. The van der Waals surface area contributed by atoms with Gasteiger partial charge in [0.25, 0.3) is 0 Å². The second-order valence-electron chi connectivity index (χ2n) is 2.53. The number of hydrogen-bond donors (Lipinski definition) is 2. The van der Waals surface area contributed by atoms with Crippen molar-refractivity contribution in [2.75, 3.05) is 0 Å². The van der Waals surface area contributed by atoms with Gasteiger partial charge < -0.3 is 4.42 Å². The molecule has 13 heavy (non-hydrogen) atoms. The Morgan fingerprint density at radius 1 is 1.31 bits per heavy atom. The van der Waals surface area contributed by atoms with Crippen LogP contribution >= 0.6 is 0 Å². The number of aromatic amines is 2. The van der Waals surface area contributed by atoms with Crippen LogP contribution in [0.25, 0.3) is 0 Å². The van der Waals surface area contributed by atoms with Crippen molar-refractivity contribution in [1.82, 2.24) is 14.8 Å². The lowest BCUT2D eigenvalue weighted by Gasteiger charge is -1.92. The summed E-state index contributed by atoms with van der Waals surface area (Å²) in [5.74, 6) is 0.562. The van der Waals surface area contributed by atoms with Crippen molar-refractivity contribution in [2.24, 2.45) is 0 Å². The van der Waals surface area contributed by atoms with Gasteiger partial charge >= 0.3 is 11.4 Å². The van der Waals surface area contributed by atoms with E-state index in [4.69, 9.17) is 4.42 Å². The molecular weight excluding hydrogens is 174 g/mol. The highest BCUT2D eigenvalue weighted by Gasteiger charge is 2.04. The quantitative estimate of drug-likeness (QED) is 0.655. The fourth-order valence-electron chi connectivity index (χ4n) is 1.04. The fraction of sp³-hybridized carbons (Fsp3) is 0.143. The van der Waals surface area contributed by atoms with Crippen LogP contribution in [0.5, 0.6) is 0 Å². The molecule has 2 N–H and O–H groups in total. The average Bonchev–Trinajstić information content (AvgIpc) is 2.70. The van der Waals surface area contributed by atoms with Crippen LogP contribution in [0.2, 0.25) is 0 Å². The molecule has 0 atom stereocenters. The van der Waals surface area contributed by atoms with Gasteiger partial charge in [-0.15, -0.1) is 0 Å². The van der Waals surface area contributed by atoms with Crippen molar-refractivity contribution in [1.29, 1.82) is 0 Å². The number of nitrogens with one attached hydrogen (secondary N) is 2. The Balaban J connectivity index is 2.38. The molecule has 2 rings (SSSR count). The predicted octanol–water partition coefficient (Wildman–Crippen LogP) is -0.494. The van der Waals surface area contributed by atoms with Crippen LogP contribution < -0.4 is 11.4 Å². The normalized spacial score (nSPS) is 10.5. The largest absolute Gasteiger partial charge is 0.467 e. The van der Waals surface area contributed by atoms with Crippen LogP contribution in [0.1, 0.15) is 5.76 Å². The molecule has 0 unspecified atom stereocenters. The van der Waals surface area contributed by atoms with Crippen LogP contribution in [0.4, 0.5) is 0 Å². The first-order valence-electron chi connectivity index (χ1n) is 3.67. The standard InChI is InChI=1S/C7H7N3O3/c11-6-8-9-7(12)10(6)4-5-2-1-3-13-5/h1-3H,4H2,(H,8,11)(H,9,12). The van der Waals surface area contributed by atoms with E-state index in [9.17, 15) is 9.59 Å². The monoisotopic (exact) mass is 181 g/mol. The van der Waals surface area contributed by atoms with Crippen molar-refractivity contribution in [3.8, 4) is 0 Å². The second kappa shape index (κ2) is 2.81. The Bertz CT molecular complexity index is 460. The Kier molecular flexibility index (Phi) is 1.66. The van der Waals surface area contributed by atoms with Gasteiger partial charge in [-0.1, -0.05) is 0 Å². The van der Waals surface area contributed by atoms with Crippen LogP contribution in [0.3, 0.4) is 0 Å². The lowest BCUT2D eigenvalue weighted by Crippen LogP contribution is -2.26. The van der Waals surface area contributed by atoms with Gasteiger partial charge in [0, 0.05) is 0 Å². The van der Waals surface area contributed by atoms with E-state index in [1.807, 2.05) is 0 Å². The minimum Gasteiger partial charge on any atom is -0.467 e. The third-order valence-corrected chi connectivity index (χ3v) is 1.66. The lowest BCUT2D eigenvalue weighted by molar-refractivity contribution is 0.486. The van der Waals surface area contributed by atoms with E-state index >= 15 is 0 Å². The van der Waals surface area contributed by atoms with Gasteiger partial charge in [-0.25, -0.2) is 24.4 Å². The molecule has 0 radical (unpaired) electrons. The van der Waals surface area contributed by atoms with Crippen LogP contribution in [0, 0.1) is 0 Å². The van der Waals surface area contributed by atoms with Crippen molar-refractivity contribution < 1.29 is 4.42 Å². The molecule has 0 aromatic carbocycles. The summed E-state index contributed by atoms with van der Waals surface area (Å²) in [4.78, 5) is 22.0. The number of aromatic nitrogens is 3. The highest BCUT2D eigenvalue weighted by atomic mass is 16.3. The first kappa shape index (κ1) is 7.66. The SMILES string of the molecule is O=c1[nH][nH]c(=O)n1Cc1ccco1. The van der Waals surface area contributed by atoms with Crippen molar-refractivity contribution >= 4 is 0 Å². The average molecular weight is 181 g/mol. The molecule has 0 saturated carbocycles. The van der Waals surface area contributed by atoms with E-state index in [-0.39, 0.29) is 6.54 Å². The molecule has 6 nitrogen and oxygen atoms in total. The third-order valence-electron chi connectivity index (χ3n) is 1.66. The van der Waals surface area contributed by atoms with Crippen LogP contribution in [-0.4, -0.2) is 14.8 Å². The van der Waals surface area contributed by atoms with Gasteiger partial charge in [-0.3, -0.25) is 0 Å². The first-order chi connectivity index (χ1) is 6.27. The zero-order valence-corrected chi connectivity index (χ0v) is 6.61. The molecule has 0 amide bonds. The number of furan rings is 1. The molecule has 6 heteroatoms. The molecule has 0 aliphatic heterocycles. The van der Waals surface area contributed by atoms with E-state index in [0.29, 0.717) is 5.76 Å². The molecule has 2 aromatic rings. The molecular formula is C7H7N3O3. The van der Waals surface area contributed by atoms with Gasteiger partial charge in [-0.05, 0) is 12.1 Å². The Morgan fingerprint density at radius 3 is 2.54 bits per heavy atom. The van der Waals surface area contributed by atoms with Gasteiger partial charge in [0.05, 0.1) is 12.8 Å². The van der Waals surface area contributed by atoms with E-state index in [0.717, 1.165) is 4.57 Å². The molecule has 0 aliphatic rings. The molecule has 0 bridgehead atoms. The summed E-state index contributed by atoms with van der Waals surface area (Å²) in [5.41, 5.74) is -0.942. The van der Waals surface area contributed by atoms with Crippen molar-refractivity contribution in [3.63, 3.8) is 0 Å².